The molecular weight excluding hydrogens is 358 g/mol. The predicted octanol–water partition coefficient (Wildman–Crippen LogP) is 3.75. The zero-order chi connectivity index (χ0) is 16.0. The first-order valence-electron chi connectivity index (χ1n) is 6.76. The molecule has 0 heterocycles. The molecule has 0 unspecified atom stereocenters. The van der Waals surface area contributed by atoms with Crippen LogP contribution in [0, 0.1) is 0 Å². The Balaban J connectivity index is 2.65. The summed E-state index contributed by atoms with van der Waals surface area (Å²) >= 11 is 9.38. The number of hydrogen-bond acceptors (Lipinski definition) is 2. The van der Waals surface area contributed by atoms with E-state index in [1.54, 1.807) is 11.0 Å². The smallest absolute Gasteiger partial charge is 0.305 e. The molecule has 1 rings (SSSR count). The monoisotopic (exact) mass is 375 g/mol. The van der Waals surface area contributed by atoms with Crippen LogP contribution in [0.4, 0.5) is 0 Å². The molecule has 0 aliphatic rings. The highest BCUT2D eigenvalue weighted by Crippen LogP contribution is 2.22. The maximum absolute atomic E-state index is 12.3. The molecule has 0 saturated heterocycles. The van der Waals surface area contributed by atoms with Gasteiger partial charge in [-0.15, -0.1) is 0 Å². The summed E-state index contributed by atoms with van der Waals surface area (Å²) in [6, 6.07) is 5.45. The second kappa shape index (κ2) is 8.39. The van der Waals surface area contributed by atoms with Crippen molar-refractivity contribution >= 4 is 39.4 Å². The number of carbonyl (C=O) groups excluding carboxylic acids is 1. The number of aryl methyl sites for hydroxylation is 1. The molecule has 0 atom stereocenters. The van der Waals surface area contributed by atoms with Gasteiger partial charge in [-0.05, 0) is 44.0 Å². The molecule has 0 saturated carbocycles. The fraction of sp³-hybridized carbons (Fsp3) is 0.467. The normalized spacial score (nSPS) is 10.7. The summed E-state index contributed by atoms with van der Waals surface area (Å²) in [6.45, 7) is 4.01. The quantitative estimate of drug-likeness (QED) is 0.788. The fourth-order valence-electron chi connectivity index (χ4n) is 2.01. The Bertz CT molecular complexity index is 520. The third-order valence-electron chi connectivity index (χ3n) is 3.13. The number of benzene rings is 1. The Morgan fingerprint density at radius 1 is 1.33 bits per heavy atom. The van der Waals surface area contributed by atoms with Crippen LogP contribution < -0.4 is 0 Å². The van der Waals surface area contributed by atoms with Gasteiger partial charge in [0, 0.05) is 28.5 Å². The molecule has 0 fully saturated rings. The fourth-order valence-corrected chi connectivity index (χ4v) is 2.65. The lowest BCUT2D eigenvalue weighted by atomic mass is 10.1. The van der Waals surface area contributed by atoms with Crippen molar-refractivity contribution in [3.63, 3.8) is 0 Å². The van der Waals surface area contributed by atoms with Crippen LogP contribution in [0.1, 0.15) is 32.3 Å². The van der Waals surface area contributed by atoms with Gasteiger partial charge in [-0.3, -0.25) is 9.59 Å². The predicted molar refractivity (Wildman–Crippen MR) is 86.6 cm³/mol. The van der Waals surface area contributed by atoms with Gasteiger partial charge in [-0.2, -0.15) is 0 Å². The van der Waals surface area contributed by atoms with Crippen molar-refractivity contribution in [1.29, 1.82) is 0 Å². The van der Waals surface area contributed by atoms with Crippen LogP contribution in [0.15, 0.2) is 22.7 Å². The molecule has 0 spiro atoms. The van der Waals surface area contributed by atoms with Crippen molar-refractivity contribution in [2.45, 2.75) is 39.2 Å². The van der Waals surface area contributed by atoms with Gasteiger partial charge in [0.15, 0.2) is 0 Å². The topological polar surface area (TPSA) is 57.6 Å². The summed E-state index contributed by atoms with van der Waals surface area (Å²) < 4.78 is 0.918. The SMILES string of the molecule is CC(C)N(CCC(=O)O)C(=O)CCc1cc(Cl)ccc1Br. The number of aliphatic carboxylic acids is 1. The Labute approximate surface area is 138 Å². The molecule has 1 aromatic carbocycles. The summed E-state index contributed by atoms with van der Waals surface area (Å²) in [4.78, 5) is 24.5. The zero-order valence-corrected chi connectivity index (χ0v) is 14.4. The van der Waals surface area contributed by atoms with Crippen LogP contribution in [-0.2, 0) is 16.0 Å². The van der Waals surface area contributed by atoms with Gasteiger partial charge in [0.2, 0.25) is 5.91 Å². The number of carboxylic acid groups (broad SMARTS) is 1. The molecule has 4 nitrogen and oxygen atoms in total. The van der Waals surface area contributed by atoms with Gasteiger partial charge in [-0.1, -0.05) is 27.5 Å². The van der Waals surface area contributed by atoms with Crippen molar-refractivity contribution in [3.05, 3.63) is 33.3 Å². The van der Waals surface area contributed by atoms with Gasteiger partial charge in [0.1, 0.15) is 0 Å². The number of hydrogen-bond donors (Lipinski definition) is 1. The Morgan fingerprint density at radius 3 is 2.57 bits per heavy atom. The van der Waals surface area contributed by atoms with Gasteiger partial charge in [0.25, 0.3) is 0 Å². The summed E-state index contributed by atoms with van der Waals surface area (Å²) in [5.41, 5.74) is 0.970. The number of carboxylic acids is 1. The maximum Gasteiger partial charge on any atom is 0.305 e. The molecule has 0 aliphatic heterocycles. The largest absolute Gasteiger partial charge is 0.481 e. The summed E-state index contributed by atoms with van der Waals surface area (Å²) in [6.07, 6.45) is 0.859. The van der Waals surface area contributed by atoms with E-state index in [1.165, 1.54) is 0 Å². The van der Waals surface area contributed by atoms with E-state index in [4.69, 9.17) is 16.7 Å². The molecule has 21 heavy (non-hydrogen) atoms. The van der Waals surface area contributed by atoms with Crippen molar-refractivity contribution in [1.82, 2.24) is 4.90 Å². The third kappa shape index (κ3) is 6.06. The van der Waals surface area contributed by atoms with Crippen molar-refractivity contribution in [3.8, 4) is 0 Å². The summed E-state index contributed by atoms with van der Waals surface area (Å²) in [5.74, 6) is -0.941. The van der Waals surface area contributed by atoms with Gasteiger partial charge in [-0.25, -0.2) is 0 Å². The maximum atomic E-state index is 12.3. The number of rotatable bonds is 7. The molecular formula is C15H19BrClNO3. The van der Waals surface area contributed by atoms with Crippen molar-refractivity contribution < 1.29 is 14.7 Å². The number of amides is 1. The van der Waals surface area contributed by atoms with Crippen LogP contribution in [0.5, 0.6) is 0 Å². The average molecular weight is 377 g/mol. The first-order valence-corrected chi connectivity index (χ1v) is 7.93. The number of nitrogens with zero attached hydrogens (tertiary/aromatic N) is 1. The van der Waals surface area contributed by atoms with Gasteiger partial charge >= 0.3 is 5.97 Å². The second-order valence-corrected chi connectivity index (χ2v) is 6.35. The van der Waals surface area contributed by atoms with Gasteiger partial charge < -0.3 is 10.0 Å². The Hall–Kier alpha value is -1.07. The molecule has 0 aromatic heterocycles. The third-order valence-corrected chi connectivity index (χ3v) is 4.13. The van der Waals surface area contributed by atoms with Crippen LogP contribution in [0.3, 0.4) is 0 Å². The Kier molecular flexibility index (Phi) is 7.18. The van der Waals surface area contributed by atoms with E-state index in [9.17, 15) is 9.59 Å². The lowest BCUT2D eigenvalue weighted by molar-refractivity contribution is -0.139. The molecule has 0 aliphatic carbocycles. The van der Waals surface area contributed by atoms with E-state index in [0.717, 1.165) is 10.0 Å². The van der Waals surface area contributed by atoms with E-state index >= 15 is 0 Å². The lowest BCUT2D eigenvalue weighted by Crippen LogP contribution is -2.38. The number of carbonyl (C=O) groups is 2. The highest BCUT2D eigenvalue weighted by Gasteiger charge is 2.18. The van der Waals surface area contributed by atoms with E-state index in [2.05, 4.69) is 15.9 Å². The van der Waals surface area contributed by atoms with Crippen LogP contribution in [0.2, 0.25) is 5.02 Å². The molecule has 116 valence electrons. The van der Waals surface area contributed by atoms with Crippen LogP contribution in [0.25, 0.3) is 0 Å². The molecule has 0 bridgehead atoms. The first-order chi connectivity index (χ1) is 9.81. The summed E-state index contributed by atoms with van der Waals surface area (Å²) in [5, 5.41) is 9.37. The van der Waals surface area contributed by atoms with Crippen molar-refractivity contribution in [2.75, 3.05) is 6.54 Å². The van der Waals surface area contributed by atoms with Crippen LogP contribution in [-0.4, -0.2) is 34.5 Å². The Morgan fingerprint density at radius 2 is 2.00 bits per heavy atom. The standard InChI is InChI=1S/C15H19BrClNO3/c1-10(2)18(8-7-15(20)21)14(19)6-3-11-9-12(17)4-5-13(11)16/h4-5,9-10H,3,6-8H2,1-2H3,(H,20,21). The minimum absolute atomic E-state index is 0.0142. The van der Waals surface area contributed by atoms with E-state index in [0.29, 0.717) is 17.9 Å². The summed E-state index contributed by atoms with van der Waals surface area (Å²) in [7, 11) is 0. The molecule has 1 N–H and O–H groups in total. The molecule has 1 aromatic rings. The number of halogens is 2. The van der Waals surface area contributed by atoms with E-state index in [1.807, 2.05) is 26.0 Å². The molecule has 0 radical (unpaired) electrons. The van der Waals surface area contributed by atoms with E-state index in [-0.39, 0.29) is 24.9 Å². The van der Waals surface area contributed by atoms with Crippen molar-refractivity contribution in [2.24, 2.45) is 0 Å². The molecule has 6 heteroatoms. The van der Waals surface area contributed by atoms with Gasteiger partial charge in [0.05, 0.1) is 6.42 Å². The zero-order valence-electron chi connectivity index (χ0n) is 12.1. The minimum atomic E-state index is -0.897. The van der Waals surface area contributed by atoms with Crippen LogP contribution >= 0.6 is 27.5 Å². The first kappa shape index (κ1) is 18.0. The average Bonchev–Trinajstić information content (AvgIpc) is 2.39. The lowest BCUT2D eigenvalue weighted by Gasteiger charge is -2.26. The van der Waals surface area contributed by atoms with E-state index < -0.39 is 5.97 Å². The minimum Gasteiger partial charge on any atom is -0.481 e. The highest BCUT2D eigenvalue weighted by molar-refractivity contribution is 9.10. The second-order valence-electron chi connectivity index (χ2n) is 5.06. The highest BCUT2D eigenvalue weighted by atomic mass is 79.9. The molecule has 1 amide bonds.